The maximum atomic E-state index is 11.5. The van der Waals surface area contributed by atoms with Gasteiger partial charge in [0.25, 0.3) is 0 Å². The van der Waals surface area contributed by atoms with Gasteiger partial charge in [0.2, 0.25) is 0 Å². The average molecular weight is 607 g/mol. The Morgan fingerprint density at radius 3 is 1.98 bits per heavy atom. The Bertz CT molecular complexity index is 1460. The van der Waals surface area contributed by atoms with Crippen molar-refractivity contribution in [1.29, 1.82) is 0 Å². The van der Waals surface area contributed by atoms with E-state index in [0.717, 1.165) is 42.1 Å². The zero-order valence-corrected chi connectivity index (χ0v) is 28.7. The molecule has 0 atom stereocenters. The third kappa shape index (κ3) is 10.2. The zero-order valence-electron chi connectivity index (χ0n) is 28.7. The van der Waals surface area contributed by atoms with Crippen LogP contribution in [0.3, 0.4) is 0 Å². The van der Waals surface area contributed by atoms with Crippen molar-refractivity contribution >= 4 is 0 Å². The van der Waals surface area contributed by atoms with Crippen LogP contribution < -0.4 is 4.74 Å². The van der Waals surface area contributed by atoms with E-state index in [-0.39, 0.29) is 10.8 Å². The minimum Gasteiger partial charge on any atom is -0.507 e. The summed E-state index contributed by atoms with van der Waals surface area (Å²) in [5.41, 5.74) is 7.61. The van der Waals surface area contributed by atoms with E-state index in [0.29, 0.717) is 18.8 Å². The van der Waals surface area contributed by atoms with Gasteiger partial charge >= 0.3 is 0 Å². The van der Waals surface area contributed by atoms with Gasteiger partial charge in [-0.1, -0.05) is 129 Å². The van der Waals surface area contributed by atoms with E-state index in [4.69, 9.17) is 4.74 Å². The monoisotopic (exact) mass is 606 g/mol. The number of hydrogen-bond acceptors (Lipinski definition) is 4. The molecule has 0 radical (unpaired) electrons. The number of aromatic hydroxyl groups is 1. The number of aromatic nitrogens is 1. The number of phenolic OH excluding ortho intramolecular Hbond substituents is 1. The molecular weight excluding hydrogens is 552 g/mol. The average Bonchev–Trinajstić information content (AvgIpc) is 3.00. The van der Waals surface area contributed by atoms with Crippen molar-refractivity contribution in [3.63, 3.8) is 0 Å². The Kier molecular flexibility index (Phi) is 11.9. The number of ether oxygens (including phenoxy) is 1. The normalized spacial score (nSPS) is 12.1. The van der Waals surface area contributed by atoms with Crippen LogP contribution in [0.5, 0.6) is 11.5 Å². The predicted molar refractivity (Wildman–Crippen MR) is 189 cm³/mol. The van der Waals surface area contributed by atoms with Crippen LogP contribution in [0, 0.1) is 0 Å². The zero-order chi connectivity index (χ0) is 32.5. The molecule has 1 N–H and O–H groups in total. The van der Waals surface area contributed by atoms with Crippen molar-refractivity contribution < 1.29 is 9.84 Å². The fourth-order valence-electron chi connectivity index (χ4n) is 5.65. The highest BCUT2D eigenvalue weighted by Crippen LogP contribution is 2.38. The third-order valence-electron chi connectivity index (χ3n) is 8.43. The van der Waals surface area contributed by atoms with Gasteiger partial charge in [-0.25, -0.2) is 0 Å². The fraction of sp³-hybridized carbons (Fsp3) is 0.439. The number of benzene rings is 3. The summed E-state index contributed by atoms with van der Waals surface area (Å²) in [5, 5.41) is 11.5. The van der Waals surface area contributed by atoms with Gasteiger partial charge in [-0.2, -0.15) is 0 Å². The molecule has 0 saturated carbocycles. The van der Waals surface area contributed by atoms with Crippen molar-refractivity contribution in [3.8, 4) is 22.6 Å². The standard InChI is InChI=1S/C41H54N2O2/c1-8-9-10-11-14-25-45-37-22-20-33(21-23-37)32-18-16-31(17-19-32)28-43(30-36-15-12-13-24-42-36)29-34-26-35(40(2,3)4)27-38(39(34)44)41(5,6)7/h12-13,15-24,26-27,44H,8-11,14,25,28-30H2,1-7H3. The summed E-state index contributed by atoms with van der Waals surface area (Å²) in [7, 11) is 0. The number of phenols is 1. The molecule has 0 saturated heterocycles. The molecule has 0 bridgehead atoms. The number of rotatable bonds is 14. The van der Waals surface area contributed by atoms with Crippen LogP contribution in [-0.2, 0) is 30.5 Å². The van der Waals surface area contributed by atoms with Crippen molar-refractivity contribution in [3.05, 3.63) is 113 Å². The SMILES string of the molecule is CCCCCCCOc1ccc(-c2ccc(CN(Cc3ccccn3)Cc3cc(C(C)(C)C)cc(C(C)(C)C)c3O)cc2)cc1. The van der Waals surface area contributed by atoms with E-state index in [1.165, 1.54) is 47.9 Å². The lowest BCUT2D eigenvalue weighted by atomic mass is 9.79. The highest BCUT2D eigenvalue weighted by atomic mass is 16.5. The molecule has 4 aromatic rings. The molecule has 4 rings (SSSR count). The largest absolute Gasteiger partial charge is 0.507 e. The molecule has 0 aliphatic carbocycles. The minimum absolute atomic E-state index is 0.0251. The molecule has 4 heteroatoms. The first-order valence-electron chi connectivity index (χ1n) is 16.8. The van der Waals surface area contributed by atoms with E-state index in [1.54, 1.807) is 0 Å². The summed E-state index contributed by atoms with van der Waals surface area (Å²) in [6.45, 7) is 18.3. The maximum absolute atomic E-state index is 11.5. The number of nitrogens with zero attached hydrogens (tertiary/aromatic N) is 2. The van der Waals surface area contributed by atoms with Crippen LogP contribution >= 0.6 is 0 Å². The number of unbranched alkanes of at least 4 members (excludes halogenated alkanes) is 4. The minimum atomic E-state index is -0.166. The molecule has 0 fully saturated rings. The molecule has 1 heterocycles. The molecule has 45 heavy (non-hydrogen) atoms. The fourth-order valence-corrected chi connectivity index (χ4v) is 5.65. The lowest BCUT2D eigenvalue weighted by Gasteiger charge is -2.29. The first-order chi connectivity index (χ1) is 21.4. The van der Waals surface area contributed by atoms with Gasteiger partial charge < -0.3 is 9.84 Å². The quantitative estimate of drug-likeness (QED) is 0.145. The maximum Gasteiger partial charge on any atom is 0.123 e. The molecule has 1 aromatic heterocycles. The summed E-state index contributed by atoms with van der Waals surface area (Å²) in [5.74, 6) is 1.34. The van der Waals surface area contributed by atoms with Crippen molar-refractivity contribution in [1.82, 2.24) is 9.88 Å². The van der Waals surface area contributed by atoms with Gasteiger partial charge in [-0.15, -0.1) is 0 Å². The Morgan fingerprint density at radius 1 is 0.711 bits per heavy atom. The first-order valence-corrected chi connectivity index (χ1v) is 16.8. The highest BCUT2D eigenvalue weighted by Gasteiger charge is 2.26. The summed E-state index contributed by atoms with van der Waals surface area (Å²) in [4.78, 5) is 6.99. The summed E-state index contributed by atoms with van der Waals surface area (Å²) >= 11 is 0. The van der Waals surface area contributed by atoms with Crippen molar-refractivity contribution in [2.24, 2.45) is 0 Å². The van der Waals surface area contributed by atoms with E-state index in [2.05, 4.69) is 125 Å². The van der Waals surface area contributed by atoms with Gasteiger partial charge in [-0.3, -0.25) is 9.88 Å². The summed E-state index contributed by atoms with van der Waals surface area (Å²) < 4.78 is 5.97. The van der Waals surface area contributed by atoms with Crippen LogP contribution in [0.2, 0.25) is 0 Å². The van der Waals surface area contributed by atoms with Crippen LogP contribution in [0.4, 0.5) is 0 Å². The number of pyridine rings is 1. The Labute approximate surface area is 272 Å². The lowest BCUT2D eigenvalue weighted by Crippen LogP contribution is -2.24. The van der Waals surface area contributed by atoms with Crippen molar-refractivity contribution in [2.75, 3.05) is 6.61 Å². The molecule has 0 amide bonds. The van der Waals surface area contributed by atoms with Gasteiger partial charge in [0.05, 0.1) is 12.3 Å². The molecule has 0 aliphatic heterocycles. The Hall–Kier alpha value is -3.63. The molecule has 3 aromatic carbocycles. The summed E-state index contributed by atoms with van der Waals surface area (Å²) in [6.07, 6.45) is 8.06. The van der Waals surface area contributed by atoms with E-state index >= 15 is 0 Å². The third-order valence-corrected chi connectivity index (χ3v) is 8.43. The number of hydrogen-bond donors (Lipinski definition) is 1. The van der Waals surface area contributed by atoms with Crippen molar-refractivity contribution in [2.45, 2.75) is 111 Å². The van der Waals surface area contributed by atoms with Crippen LogP contribution in [0.15, 0.2) is 85.1 Å². The lowest BCUT2D eigenvalue weighted by molar-refractivity contribution is 0.240. The molecule has 4 nitrogen and oxygen atoms in total. The van der Waals surface area contributed by atoms with Crippen LogP contribution in [-0.4, -0.2) is 21.6 Å². The second-order valence-electron chi connectivity index (χ2n) is 14.5. The van der Waals surface area contributed by atoms with E-state index < -0.39 is 0 Å². The van der Waals surface area contributed by atoms with Gasteiger partial charge in [0.1, 0.15) is 11.5 Å². The first kappa shape index (κ1) is 34.2. The van der Waals surface area contributed by atoms with Crippen LogP contribution in [0.1, 0.15) is 109 Å². The molecule has 240 valence electrons. The van der Waals surface area contributed by atoms with Gasteiger partial charge in [0, 0.05) is 31.4 Å². The summed E-state index contributed by atoms with van der Waals surface area (Å²) in [6, 6.07) is 27.7. The van der Waals surface area contributed by atoms with Gasteiger partial charge in [0.15, 0.2) is 0 Å². The second kappa shape index (κ2) is 15.6. The topological polar surface area (TPSA) is 45.6 Å². The smallest absolute Gasteiger partial charge is 0.123 e. The molecule has 0 unspecified atom stereocenters. The highest BCUT2D eigenvalue weighted by molar-refractivity contribution is 5.64. The van der Waals surface area contributed by atoms with Gasteiger partial charge in [-0.05, 0) is 69.3 Å². The van der Waals surface area contributed by atoms with E-state index in [9.17, 15) is 5.11 Å². The van der Waals surface area contributed by atoms with Crippen LogP contribution in [0.25, 0.3) is 11.1 Å². The Balaban J connectivity index is 1.51. The predicted octanol–water partition coefficient (Wildman–Crippen LogP) is 10.6. The molecular formula is C41H54N2O2. The Morgan fingerprint density at radius 2 is 1.38 bits per heavy atom. The second-order valence-corrected chi connectivity index (χ2v) is 14.5. The molecule has 0 spiro atoms. The van der Waals surface area contributed by atoms with E-state index in [1.807, 2.05) is 18.3 Å². The molecule has 0 aliphatic rings.